The van der Waals surface area contributed by atoms with E-state index in [0.717, 1.165) is 66.8 Å². The van der Waals surface area contributed by atoms with Crippen molar-refractivity contribution in [1.82, 2.24) is 4.98 Å². The summed E-state index contributed by atoms with van der Waals surface area (Å²) in [5.41, 5.74) is 8.13. The number of methoxy groups -OCH3 is 1. The van der Waals surface area contributed by atoms with Crippen LogP contribution in [0.5, 0.6) is 11.5 Å². The molecule has 3 aromatic carbocycles. The number of nitrogens with zero attached hydrogens (tertiary/aromatic N) is 1. The van der Waals surface area contributed by atoms with Gasteiger partial charge in [-0.1, -0.05) is 54.6 Å². The van der Waals surface area contributed by atoms with Gasteiger partial charge in [0.1, 0.15) is 18.0 Å². The van der Waals surface area contributed by atoms with Gasteiger partial charge in [-0.2, -0.15) is 0 Å². The number of allylic oxidation sites excluding steroid dienone is 2. The molecule has 0 bridgehead atoms. The van der Waals surface area contributed by atoms with E-state index >= 15 is 0 Å². The van der Waals surface area contributed by atoms with Crippen LogP contribution in [0.25, 0.3) is 34.2 Å². The highest BCUT2D eigenvalue weighted by molar-refractivity contribution is 5.91. The van der Waals surface area contributed by atoms with Gasteiger partial charge in [0, 0.05) is 41.2 Å². The summed E-state index contributed by atoms with van der Waals surface area (Å²) in [6.45, 7) is 9.58. The first-order chi connectivity index (χ1) is 21.7. The predicted molar refractivity (Wildman–Crippen MR) is 184 cm³/mol. The highest BCUT2D eigenvalue weighted by Gasteiger charge is 2.11. The van der Waals surface area contributed by atoms with Gasteiger partial charge in [-0.15, -0.1) is 13.2 Å². The van der Waals surface area contributed by atoms with Crippen molar-refractivity contribution < 1.29 is 31.0 Å². The summed E-state index contributed by atoms with van der Waals surface area (Å²) in [7, 11) is 1.72. The Kier molecular flexibility index (Phi) is 12.8. The molecule has 0 saturated carbocycles. The van der Waals surface area contributed by atoms with E-state index in [4.69, 9.17) is 9.47 Å². The smallest absolute Gasteiger partial charge is 0.169 e. The minimum Gasteiger partial charge on any atom is -1.00 e. The van der Waals surface area contributed by atoms with Crippen molar-refractivity contribution in [2.45, 2.75) is 45.1 Å². The maximum atomic E-state index is 6.24. The SMILES string of the molecule is C=CCc1ccc(OC)c(-c2ccc(OCCCCCC[n+]3ccc(/C=C/c4c[nH]c5ccccc45)cc3)c(CC=C)c2)c1.[Br-]. The summed E-state index contributed by atoms with van der Waals surface area (Å²) in [5.74, 6) is 1.80. The number of benzene rings is 3. The number of rotatable bonds is 16. The number of H-pyrrole nitrogens is 1. The van der Waals surface area contributed by atoms with Crippen molar-refractivity contribution in [2.24, 2.45) is 0 Å². The number of pyridine rings is 1. The second-order valence-electron chi connectivity index (χ2n) is 11.1. The van der Waals surface area contributed by atoms with E-state index in [9.17, 15) is 0 Å². The lowest BCUT2D eigenvalue weighted by Crippen LogP contribution is -3.00. The molecule has 1 N–H and O–H groups in total. The molecule has 232 valence electrons. The average Bonchev–Trinajstić information content (AvgIpc) is 3.48. The Morgan fingerprint density at radius 3 is 2.38 bits per heavy atom. The second-order valence-corrected chi connectivity index (χ2v) is 11.1. The standard InChI is InChI=1S/C40H42N2O2.BrH/c1-4-12-32-17-20-40(43-3)37(28-32)33-19-21-39(34(29-33)13-5-2)44-27-11-7-6-10-24-42-25-22-31(23-26-42)16-18-35-30-41-38-15-9-8-14-36(35)38;/h4-5,8-9,14-23,25-26,28-30H,1-2,6-7,10-13,24,27H2,3H3;1H. The number of aromatic nitrogens is 2. The van der Waals surface area contributed by atoms with Crippen molar-refractivity contribution in [3.8, 4) is 22.6 Å². The first kappa shape index (κ1) is 33.5. The lowest BCUT2D eigenvalue weighted by atomic mass is 9.97. The number of aryl methyl sites for hydroxylation is 1. The molecule has 0 atom stereocenters. The zero-order chi connectivity index (χ0) is 30.6. The highest BCUT2D eigenvalue weighted by Crippen LogP contribution is 2.34. The van der Waals surface area contributed by atoms with Crippen molar-refractivity contribution in [3.63, 3.8) is 0 Å². The molecule has 45 heavy (non-hydrogen) atoms. The van der Waals surface area contributed by atoms with E-state index in [2.05, 4.69) is 120 Å². The maximum Gasteiger partial charge on any atom is 0.169 e. The number of para-hydroxylation sites is 1. The van der Waals surface area contributed by atoms with E-state index in [-0.39, 0.29) is 17.0 Å². The lowest BCUT2D eigenvalue weighted by Gasteiger charge is -2.15. The fourth-order valence-corrected chi connectivity index (χ4v) is 5.56. The Morgan fingerprint density at radius 1 is 0.800 bits per heavy atom. The molecule has 5 aromatic rings. The molecule has 0 aliphatic carbocycles. The minimum atomic E-state index is 0. The zero-order valence-corrected chi connectivity index (χ0v) is 27.8. The monoisotopic (exact) mass is 662 g/mol. The van der Waals surface area contributed by atoms with E-state index in [1.54, 1.807) is 7.11 Å². The second kappa shape index (κ2) is 17.2. The molecule has 0 radical (unpaired) electrons. The molecule has 2 aromatic heterocycles. The van der Waals surface area contributed by atoms with Crippen LogP contribution in [0.1, 0.15) is 47.9 Å². The minimum absolute atomic E-state index is 0. The summed E-state index contributed by atoms with van der Waals surface area (Å²) in [6.07, 6.45) is 20.7. The van der Waals surface area contributed by atoms with E-state index < -0.39 is 0 Å². The fraction of sp³-hybridized carbons (Fsp3) is 0.225. The van der Waals surface area contributed by atoms with Gasteiger partial charge in [0.15, 0.2) is 12.4 Å². The van der Waals surface area contributed by atoms with Crippen molar-refractivity contribution >= 4 is 23.1 Å². The van der Waals surface area contributed by atoms with Crippen LogP contribution in [0.2, 0.25) is 0 Å². The predicted octanol–water partition coefficient (Wildman–Crippen LogP) is 6.40. The van der Waals surface area contributed by atoms with Gasteiger partial charge >= 0.3 is 0 Å². The number of unbranched alkanes of at least 4 members (excludes halogenated alkanes) is 3. The maximum absolute atomic E-state index is 6.24. The van der Waals surface area contributed by atoms with Crippen LogP contribution in [0.15, 0.2) is 117 Å². The number of hydrogen-bond donors (Lipinski definition) is 1. The molecular weight excluding hydrogens is 620 g/mol. The van der Waals surface area contributed by atoms with Crippen LogP contribution < -0.4 is 31.0 Å². The number of hydrogen-bond acceptors (Lipinski definition) is 2. The van der Waals surface area contributed by atoms with E-state index in [0.29, 0.717) is 6.61 Å². The van der Waals surface area contributed by atoms with E-state index in [1.165, 1.54) is 34.0 Å². The van der Waals surface area contributed by atoms with Gasteiger partial charge in [0.05, 0.1) is 13.7 Å². The van der Waals surface area contributed by atoms with Crippen molar-refractivity contribution in [3.05, 3.63) is 139 Å². The quantitative estimate of drug-likeness (QED) is 0.0754. The zero-order valence-electron chi connectivity index (χ0n) is 26.2. The Balaban J connectivity index is 0.00000461. The third-order valence-corrected chi connectivity index (χ3v) is 7.94. The number of aromatic amines is 1. The van der Waals surface area contributed by atoms with Crippen LogP contribution in [-0.2, 0) is 19.4 Å². The van der Waals surface area contributed by atoms with Crippen LogP contribution in [0.4, 0.5) is 0 Å². The molecular formula is C40H43BrN2O2. The molecule has 0 spiro atoms. The Labute approximate surface area is 278 Å². The van der Waals surface area contributed by atoms with Crippen LogP contribution in [0.3, 0.4) is 0 Å². The summed E-state index contributed by atoms with van der Waals surface area (Å²) in [5, 5.41) is 1.25. The first-order valence-electron chi connectivity index (χ1n) is 15.6. The highest BCUT2D eigenvalue weighted by atomic mass is 79.9. The summed E-state index contributed by atoms with van der Waals surface area (Å²) in [6, 6.07) is 25.5. The third-order valence-electron chi connectivity index (χ3n) is 7.94. The largest absolute Gasteiger partial charge is 1.00 e. The van der Waals surface area contributed by atoms with Gasteiger partial charge < -0.3 is 31.4 Å². The first-order valence-corrected chi connectivity index (χ1v) is 15.6. The molecule has 0 aliphatic rings. The number of ether oxygens (including phenoxy) is 2. The van der Waals surface area contributed by atoms with Crippen molar-refractivity contribution in [2.75, 3.05) is 13.7 Å². The summed E-state index contributed by atoms with van der Waals surface area (Å²) in [4.78, 5) is 3.33. The molecule has 0 saturated heterocycles. The summed E-state index contributed by atoms with van der Waals surface area (Å²) >= 11 is 0. The number of fused-ring (bicyclic) bond motifs is 1. The lowest BCUT2D eigenvalue weighted by molar-refractivity contribution is -0.697. The number of nitrogens with one attached hydrogen (secondary N) is 1. The van der Waals surface area contributed by atoms with Crippen LogP contribution >= 0.6 is 0 Å². The van der Waals surface area contributed by atoms with Crippen LogP contribution in [-0.4, -0.2) is 18.7 Å². The topological polar surface area (TPSA) is 38.1 Å². The molecule has 0 aliphatic heterocycles. The molecule has 5 rings (SSSR count). The Hall–Kier alpha value is -4.35. The third kappa shape index (κ3) is 9.09. The molecule has 5 heteroatoms. The van der Waals surface area contributed by atoms with Crippen molar-refractivity contribution in [1.29, 1.82) is 0 Å². The normalized spacial score (nSPS) is 11.0. The van der Waals surface area contributed by atoms with Gasteiger partial charge in [0.25, 0.3) is 0 Å². The number of halogens is 1. The average molecular weight is 664 g/mol. The van der Waals surface area contributed by atoms with Gasteiger partial charge in [-0.25, -0.2) is 4.57 Å². The van der Waals surface area contributed by atoms with E-state index in [1.807, 2.05) is 18.2 Å². The fourth-order valence-electron chi connectivity index (χ4n) is 5.56. The molecule has 4 nitrogen and oxygen atoms in total. The Bertz CT molecular complexity index is 1720. The molecule has 0 fully saturated rings. The van der Waals surface area contributed by atoms with Crippen LogP contribution in [0, 0.1) is 0 Å². The Morgan fingerprint density at radius 2 is 1.58 bits per heavy atom. The summed E-state index contributed by atoms with van der Waals surface area (Å²) < 4.78 is 14.2. The van der Waals surface area contributed by atoms with Gasteiger partial charge in [-0.3, -0.25) is 0 Å². The van der Waals surface area contributed by atoms with Gasteiger partial charge in [0.2, 0.25) is 0 Å². The molecule has 0 amide bonds. The molecule has 2 heterocycles. The molecule has 0 unspecified atom stereocenters. The van der Waals surface area contributed by atoms with Gasteiger partial charge in [-0.05, 0) is 90.3 Å².